The molecular weight excluding hydrogens is 294 g/mol. The maximum Gasteiger partial charge on any atom is 0.269 e. The summed E-state index contributed by atoms with van der Waals surface area (Å²) in [5.74, 6) is 0.855. The summed E-state index contributed by atoms with van der Waals surface area (Å²) in [5, 5.41) is 10.7. The van der Waals surface area contributed by atoms with Gasteiger partial charge in [-0.15, -0.1) is 0 Å². The van der Waals surface area contributed by atoms with E-state index in [1.54, 1.807) is 25.3 Å². The van der Waals surface area contributed by atoms with Gasteiger partial charge in [-0.2, -0.15) is 0 Å². The standard InChI is InChI=1S/C18H15NO4/c1-23-18-4-2-3-14-15(18)9-10-17(20)16(14)11-12-5-7-13(8-6-12)19(21)22/h2-8,11H,9-10H2,1H3/b16-11+. The summed E-state index contributed by atoms with van der Waals surface area (Å²) in [7, 11) is 1.62. The van der Waals surface area contributed by atoms with Gasteiger partial charge in [-0.05, 0) is 41.8 Å². The van der Waals surface area contributed by atoms with Crippen molar-refractivity contribution >= 4 is 23.1 Å². The molecule has 2 aromatic rings. The molecule has 23 heavy (non-hydrogen) atoms. The number of hydrogen-bond donors (Lipinski definition) is 0. The van der Waals surface area contributed by atoms with E-state index < -0.39 is 4.92 Å². The first-order valence-corrected chi connectivity index (χ1v) is 7.26. The maximum absolute atomic E-state index is 12.3. The molecule has 116 valence electrons. The van der Waals surface area contributed by atoms with Crippen LogP contribution in [0.15, 0.2) is 42.5 Å². The van der Waals surface area contributed by atoms with E-state index in [0.717, 1.165) is 22.4 Å². The van der Waals surface area contributed by atoms with Gasteiger partial charge in [-0.1, -0.05) is 12.1 Å². The first-order valence-electron chi connectivity index (χ1n) is 7.26. The number of rotatable bonds is 3. The van der Waals surface area contributed by atoms with Crippen molar-refractivity contribution in [1.82, 2.24) is 0 Å². The lowest BCUT2D eigenvalue weighted by atomic mass is 9.85. The summed E-state index contributed by atoms with van der Waals surface area (Å²) in [6, 6.07) is 11.8. The van der Waals surface area contributed by atoms with Crippen molar-refractivity contribution < 1.29 is 14.5 Å². The van der Waals surface area contributed by atoms with Gasteiger partial charge in [0.05, 0.1) is 12.0 Å². The summed E-state index contributed by atoms with van der Waals surface area (Å²) >= 11 is 0. The number of benzene rings is 2. The molecule has 5 heteroatoms. The molecule has 0 fully saturated rings. The quantitative estimate of drug-likeness (QED) is 0.493. The van der Waals surface area contributed by atoms with Gasteiger partial charge in [-0.3, -0.25) is 14.9 Å². The van der Waals surface area contributed by atoms with Crippen molar-refractivity contribution in [3.8, 4) is 5.75 Å². The molecule has 0 aliphatic heterocycles. The second-order valence-electron chi connectivity index (χ2n) is 5.32. The highest BCUT2D eigenvalue weighted by Crippen LogP contribution is 2.35. The smallest absolute Gasteiger partial charge is 0.269 e. The second-order valence-corrected chi connectivity index (χ2v) is 5.32. The monoisotopic (exact) mass is 309 g/mol. The lowest BCUT2D eigenvalue weighted by Gasteiger charge is -2.20. The molecule has 5 nitrogen and oxygen atoms in total. The topological polar surface area (TPSA) is 69.4 Å². The molecule has 0 unspecified atom stereocenters. The van der Waals surface area contributed by atoms with Crippen molar-refractivity contribution in [1.29, 1.82) is 0 Å². The number of hydrogen-bond acceptors (Lipinski definition) is 4. The molecule has 0 aromatic heterocycles. The SMILES string of the molecule is COc1cccc2c1CCC(=O)/C2=C/c1ccc([N+](=O)[O-])cc1. The lowest BCUT2D eigenvalue weighted by Crippen LogP contribution is -2.13. The van der Waals surface area contributed by atoms with Crippen molar-refractivity contribution in [3.05, 3.63) is 69.3 Å². The Morgan fingerprint density at radius 1 is 1.13 bits per heavy atom. The van der Waals surface area contributed by atoms with E-state index in [2.05, 4.69) is 0 Å². The normalized spacial score (nSPS) is 15.3. The molecule has 0 saturated heterocycles. The van der Waals surface area contributed by atoms with Gasteiger partial charge in [0.25, 0.3) is 5.69 Å². The summed E-state index contributed by atoms with van der Waals surface area (Å²) in [6.45, 7) is 0. The Kier molecular flexibility index (Phi) is 3.93. The number of carbonyl (C=O) groups excluding carboxylic acids is 1. The van der Waals surface area contributed by atoms with Gasteiger partial charge in [0.1, 0.15) is 5.75 Å². The second kappa shape index (κ2) is 6.04. The number of nitro benzene ring substituents is 1. The highest BCUT2D eigenvalue weighted by Gasteiger charge is 2.23. The van der Waals surface area contributed by atoms with Crippen molar-refractivity contribution in [2.45, 2.75) is 12.8 Å². The van der Waals surface area contributed by atoms with Crippen molar-refractivity contribution in [3.63, 3.8) is 0 Å². The van der Waals surface area contributed by atoms with Gasteiger partial charge < -0.3 is 4.74 Å². The number of fused-ring (bicyclic) bond motifs is 1. The number of allylic oxidation sites excluding steroid dienone is 1. The summed E-state index contributed by atoms with van der Waals surface area (Å²) in [6.07, 6.45) is 2.88. The minimum atomic E-state index is -0.442. The molecule has 0 radical (unpaired) electrons. The highest BCUT2D eigenvalue weighted by molar-refractivity contribution is 6.26. The molecular formula is C18H15NO4. The molecule has 0 amide bonds. The Labute approximate surface area is 133 Å². The Hall–Kier alpha value is -2.95. The highest BCUT2D eigenvalue weighted by atomic mass is 16.6. The predicted octanol–water partition coefficient (Wildman–Crippen LogP) is 3.66. The van der Waals surface area contributed by atoms with E-state index in [9.17, 15) is 14.9 Å². The average molecular weight is 309 g/mol. The largest absolute Gasteiger partial charge is 0.496 e. The van der Waals surface area contributed by atoms with Crippen LogP contribution in [0.1, 0.15) is 23.1 Å². The van der Waals surface area contributed by atoms with Gasteiger partial charge in [-0.25, -0.2) is 0 Å². The zero-order valence-electron chi connectivity index (χ0n) is 12.6. The first-order chi connectivity index (χ1) is 11.1. The Bertz CT molecular complexity index is 806. The van der Waals surface area contributed by atoms with E-state index in [1.807, 2.05) is 18.2 Å². The van der Waals surface area contributed by atoms with Gasteiger partial charge in [0.15, 0.2) is 5.78 Å². The van der Waals surface area contributed by atoms with Crippen LogP contribution in [0, 0.1) is 10.1 Å². The third-order valence-corrected chi connectivity index (χ3v) is 3.96. The molecule has 1 aliphatic carbocycles. The minimum absolute atomic E-state index is 0.0317. The fourth-order valence-electron chi connectivity index (χ4n) is 2.81. The first kappa shape index (κ1) is 15.0. The minimum Gasteiger partial charge on any atom is -0.496 e. The fraction of sp³-hybridized carbons (Fsp3) is 0.167. The fourth-order valence-corrected chi connectivity index (χ4v) is 2.81. The summed E-state index contributed by atoms with van der Waals surface area (Å²) in [4.78, 5) is 22.6. The van der Waals surface area contributed by atoms with Crippen LogP contribution in [0.2, 0.25) is 0 Å². The molecule has 2 aromatic carbocycles. The van der Waals surface area contributed by atoms with Crippen LogP contribution in [0.4, 0.5) is 5.69 Å². The molecule has 0 saturated carbocycles. The van der Waals surface area contributed by atoms with Gasteiger partial charge >= 0.3 is 0 Å². The predicted molar refractivity (Wildman–Crippen MR) is 87.3 cm³/mol. The van der Waals surface area contributed by atoms with E-state index in [1.165, 1.54) is 12.1 Å². The van der Waals surface area contributed by atoms with Crippen molar-refractivity contribution in [2.24, 2.45) is 0 Å². The summed E-state index contributed by atoms with van der Waals surface area (Å²) in [5.41, 5.74) is 3.32. The number of non-ortho nitro benzene ring substituents is 1. The number of Topliss-reactive ketones (excluding diaryl/α,β-unsaturated/α-hetero) is 1. The molecule has 1 aliphatic rings. The maximum atomic E-state index is 12.3. The number of carbonyl (C=O) groups is 1. The number of nitrogens with zero attached hydrogens (tertiary/aromatic N) is 1. The summed E-state index contributed by atoms with van der Waals surface area (Å²) < 4.78 is 5.37. The van der Waals surface area contributed by atoms with Crippen LogP contribution in [0.5, 0.6) is 5.75 Å². The van der Waals surface area contributed by atoms with Crippen molar-refractivity contribution in [2.75, 3.05) is 7.11 Å². The molecule has 0 atom stereocenters. The number of ether oxygens (including phenoxy) is 1. The number of ketones is 1. The Morgan fingerprint density at radius 3 is 2.52 bits per heavy atom. The Balaban J connectivity index is 2.05. The van der Waals surface area contributed by atoms with Crippen LogP contribution in [-0.2, 0) is 11.2 Å². The number of methoxy groups -OCH3 is 1. The molecule has 0 heterocycles. The molecule has 3 rings (SSSR count). The van der Waals surface area contributed by atoms with E-state index in [4.69, 9.17) is 4.74 Å². The number of nitro groups is 1. The average Bonchev–Trinajstić information content (AvgIpc) is 2.57. The third kappa shape index (κ3) is 2.85. The molecule has 0 spiro atoms. The molecule has 0 N–H and O–H groups in total. The van der Waals surface area contributed by atoms with Crippen LogP contribution in [0.25, 0.3) is 11.6 Å². The Morgan fingerprint density at radius 2 is 1.87 bits per heavy atom. The van der Waals surface area contributed by atoms with Crippen LogP contribution < -0.4 is 4.74 Å². The third-order valence-electron chi connectivity index (χ3n) is 3.96. The molecule has 0 bridgehead atoms. The zero-order chi connectivity index (χ0) is 16.4. The van der Waals surface area contributed by atoms with Gasteiger partial charge in [0.2, 0.25) is 0 Å². The zero-order valence-corrected chi connectivity index (χ0v) is 12.6. The van der Waals surface area contributed by atoms with E-state index in [-0.39, 0.29) is 11.5 Å². The van der Waals surface area contributed by atoms with Crippen LogP contribution >= 0.6 is 0 Å². The van der Waals surface area contributed by atoms with Crippen LogP contribution in [-0.4, -0.2) is 17.8 Å². The lowest BCUT2D eigenvalue weighted by molar-refractivity contribution is -0.384. The van der Waals surface area contributed by atoms with Crippen LogP contribution in [0.3, 0.4) is 0 Å². The van der Waals surface area contributed by atoms with E-state index >= 15 is 0 Å². The van der Waals surface area contributed by atoms with Gasteiger partial charge in [0, 0.05) is 29.7 Å². The van der Waals surface area contributed by atoms with E-state index in [0.29, 0.717) is 18.4 Å².